The van der Waals surface area contributed by atoms with Crippen LogP contribution in [-0.2, 0) is 16.8 Å². The highest BCUT2D eigenvalue weighted by molar-refractivity contribution is 7.18. The van der Waals surface area contributed by atoms with Crippen LogP contribution >= 0.6 is 11.3 Å². The van der Waals surface area contributed by atoms with Gasteiger partial charge in [-0.1, -0.05) is 37.5 Å². The molecular weight excluding hydrogens is 384 g/mol. The molecule has 0 bridgehead atoms. The number of carbonyl (C=O) groups is 1. The van der Waals surface area contributed by atoms with Gasteiger partial charge in [0.25, 0.3) is 0 Å². The minimum atomic E-state index is -0.495. The van der Waals surface area contributed by atoms with Crippen molar-refractivity contribution in [2.24, 2.45) is 0 Å². The average Bonchev–Trinajstić information content (AvgIpc) is 3.39. The Kier molecular flexibility index (Phi) is 4.66. The van der Waals surface area contributed by atoms with Crippen LogP contribution in [0, 0.1) is 0 Å². The highest BCUT2D eigenvalue weighted by Crippen LogP contribution is 2.44. The van der Waals surface area contributed by atoms with Gasteiger partial charge in [-0.25, -0.2) is 4.98 Å². The van der Waals surface area contributed by atoms with Gasteiger partial charge in [0.2, 0.25) is 12.7 Å². The first-order chi connectivity index (χ1) is 14.2. The zero-order valence-electron chi connectivity index (χ0n) is 16.5. The van der Waals surface area contributed by atoms with Crippen LogP contribution in [0.1, 0.15) is 42.7 Å². The summed E-state index contributed by atoms with van der Waals surface area (Å²) >= 11 is 1.66. The lowest BCUT2D eigenvalue weighted by Gasteiger charge is -2.39. The van der Waals surface area contributed by atoms with Gasteiger partial charge in [0, 0.05) is 7.05 Å². The standard InChI is InChI=1S/C23H24N2O3S/c1-25(14-21-24-17-7-3-4-8-20(17)29-21)22(26)23(11-5-2-6-12-23)16-9-10-18-19(13-16)28-15-27-18/h3-4,7-10,13H,2,5-6,11-12,14-15H2,1H3. The Bertz CT molecular complexity index is 1020. The van der Waals surface area contributed by atoms with E-state index in [4.69, 9.17) is 14.5 Å². The Morgan fingerprint density at radius 2 is 1.90 bits per heavy atom. The third-order valence-corrected chi connectivity index (χ3v) is 7.12. The molecule has 0 spiro atoms. The predicted molar refractivity (Wildman–Crippen MR) is 113 cm³/mol. The summed E-state index contributed by atoms with van der Waals surface area (Å²) in [6.45, 7) is 0.779. The SMILES string of the molecule is CN(Cc1nc2ccccc2s1)C(=O)C1(c2ccc3c(c2)OCO3)CCCCC1. The summed E-state index contributed by atoms with van der Waals surface area (Å²) in [6.07, 6.45) is 5.05. The molecule has 1 aliphatic carbocycles. The minimum absolute atomic E-state index is 0.176. The summed E-state index contributed by atoms with van der Waals surface area (Å²) in [6, 6.07) is 14.1. The largest absolute Gasteiger partial charge is 0.454 e. The monoisotopic (exact) mass is 408 g/mol. The molecule has 6 heteroatoms. The molecule has 5 nitrogen and oxygen atoms in total. The second kappa shape index (κ2) is 7.34. The van der Waals surface area contributed by atoms with Crippen LogP contribution in [0.4, 0.5) is 0 Å². The average molecular weight is 409 g/mol. The second-order valence-electron chi connectivity index (χ2n) is 7.95. The van der Waals surface area contributed by atoms with Crippen molar-refractivity contribution >= 4 is 27.5 Å². The van der Waals surface area contributed by atoms with Crippen molar-refractivity contribution in [2.75, 3.05) is 13.8 Å². The fourth-order valence-corrected chi connectivity index (χ4v) is 5.62. The van der Waals surface area contributed by atoms with E-state index in [1.165, 1.54) is 6.42 Å². The van der Waals surface area contributed by atoms with Gasteiger partial charge in [-0.15, -0.1) is 11.3 Å². The first-order valence-corrected chi connectivity index (χ1v) is 11.0. The molecular formula is C23H24N2O3S. The molecule has 29 heavy (non-hydrogen) atoms. The molecule has 2 aromatic carbocycles. The number of hydrogen-bond acceptors (Lipinski definition) is 5. The topological polar surface area (TPSA) is 51.7 Å². The van der Waals surface area contributed by atoms with Gasteiger partial charge in [-0.3, -0.25) is 4.79 Å². The van der Waals surface area contributed by atoms with E-state index >= 15 is 0 Å². The number of amides is 1. The molecule has 1 saturated carbocycles. The number of likely N-dealkylation sites (N-methyl/N-ethyl adjacent to an activating group) is 1. The van der Waals surface area contributed by atoms with Gasteiger partial charge >= 0.3 is 0 Å². The van der Waals surface area contributed by atoms with Crippen molar-refractivity contribution in [3.05, 3.63) is 53.0 Å². The van der Waals surface area contributed by atoms with Crippen molar-refractivity contribution in [2.45, 2.75) is 44.1 Å². The number of carbonyl (C=O) groups excluding carboxylic acids is 1. The van der Waals surface area contributed by atoms with E-state index in [1.54, 1.807) is 11.3 Å². The Labute approximate surface area is 174 Å². The fraction of sp³-hybridized carbons (Fsp3) is 0.391. The zero-order valence-corrected chi connectivity index (χ0v) is 17.3. The van der Waals surface area contributed by atoms with Gasteiger partial charge in [0.15, 0.2) is 11.5 Å². The zero-order chi connectivity index (χ0) is 19.8. The third kappa shape index (κ3) is 3.25. The molecule has 2 aliphatic rings. The van der Waals surface area contributed by atoms with Crippen LogP contribution in [0.2, 0.25) is 0 Å². The number of para-hydroxylation sites is 1. The molecule has 1 aliphatic heterocycles. The summed E-state index contributed by atoms with van der Waals surface area (Å²) in [5.74, 6) is 1.68. The molecule has 1 aromatic heterocycles. The lowest BCUT2D eigenvalue weighted by molar-refractivity contribution is -0.138. The fourth-order valence-electron chi connectivity index (χ4n) is 4.60. The van der Waals surface area contributed by atoms with E-state index in [2.05, 4.69) is 6.07 Å². The van der Waals surface area contributed by atoms with E-state index in [0.29, 0.717) is 6.54 Å². The minimum Gasteiger partial charge on any atom is -0.454 e. The van der Waals surface area contributed by atoms with Crippen LogP contribution in [0.25, 0.3) is 10.2 Å². The number of aromatic nitrogens is 1. The number of hydrogen-bond donors (Lipinski definition) is 0. The maximum Gasteiger partial charge on any atom is 0.233 e. The van der Waals surface area contributed by atoms with E-state index in [0.717, 1.165) is 58.0 Å². The first-order valence-electron chi connectivity index (χ1n) is 10.2. The molecule has 150 valence electrons. The molecule has 0 unspecified atom stereocenters. The molecule has 1 fully saturated rings. The lowest BCUT2D eigenvalue weighted by Crippen LogP contribution is -2.46. The van der Waals surface area contributed by atoms with Crippen molar-refractivity contribution in [3.8, 4) is 11.5 Å². The number of fused-ring (bicyclic) bond motifs is 2. The van der Waals surface area contributed by atoms with Crippen molar-refractivity contribution in [3.63, 3.8) is 0 Å². The predicted octanol–water partition coefficient (Wildman–Crippen LogP) is 4.89. The molecule has 0 saturated heterocycles. The van der Waals surface area contributed by atoms with Gasteiger partial charge in [0.05, 0.1) is 22.2 Å². The molecule has 1 amide bonds. The smallest absolute Gasteiger partial charge is 0.233 e. The number of thiazole rings is 1. The van der Waals surface area contributed by atoms with Crippen LogP contribution < -0.4 is 9.47 Å². The maximum atomic E-state index is 13.8. The second-order valence-corrected chi connectivity index (χ2v) is 9.06. The lowest BCUT2D eigenvalue weighted by atomic mass is 9.68. The van der Waals surface area contributed by atoms with E-state index in [9.17, 15) is 4.79 Å². The summed E-state index contributed by atoms with van der Waals surface area (Å²) in [5, 5.41) is 0.971. The summed E-state index contributed by atoms with van der Waals surface area (Å²) in [5.41, 5.74) is 1.55. The molecule has 2 heterocycles. The molecule has 0 N–H and O–H groups in total. The Morgan fingerprint density at radius 1 is 1.10 bits per heavy atom. The van der Waals surface area contributed by atoms with Crippen molar-refractivity contribution < 1.29 is 14.3 Å². The highest BCUT2D eigenvalue weighted by atomic mass is 32.1. The Hall–Kier alpha value is -2.60. The van der Waals surface area contributed by atoms with E-state index < -0.39 is 5.41 Å². The van der Waals surface area contributed by atoms with Gasteiger partial charge in [-0.05, 0) is 42.7 Å². The third-order valence-electron chi connectivity index (χ3n) is 6.10. The molecule has 0 atom stereocenters. The Balaban J connectivity index is 1.44. The summed E-state index contributed by atoms with van der Waals surface area (Å²) in [7, 11) is 1.90. The van der Waals surface area contributed by atoms with Crippen molar-refractivity contribution in [1.29, 1.82) is 0 Å². The quantitative estimate of drug-likeness (QED) is 0.617. The van der Waals surface area contributed by atoms with Crippen LogP contribution in [0.15, 0.2) is 42.5 Å². The number of benzene rings is 2. The van der Waals surface area contributed by atoms with Gasteiger partial charge in [-0.2, -0.15) is 0 Å². The van der Waals surface area contributed by atoms with E-state index in [-0.39, 0.29) is 12.7 Å². The number of nitrogens with zero attached hydrogens (tertiary/aromatic N) is 2. The van der Waals surface area contributed by atoms with Crippen LogP contribution in [0.5, 0.6) is 11.5 Å². The highest BCUT2D eigenvalue weighted by Gasteiger charge is 2.43. The normalized spacial score (nSPS) is 17.4. The van der Waals surface area contributed by atoms with Gasteiger partial charge in [0.1, 0.15) is 5.01 Å². The number of rotatable bonds is 4. The first kappa shape index (κ1) is 18.4. The van der Waals surface area contributed by atoms with E-state index in [1.807, 2.05) is 48.3 Å². The molecule has 0 radical (unpaired) electrons. The Morgan fingerprint density at radius 3 is 2.72 bits per heavy atom. The maximum absolute atomic E-state index is 13.8. The van der Waals surface area contributed by atoms with Gasteiger partial charge < -0.3 is 14.4 Å². The van der Waals surface area contributed by atoms with Crippen molar-refractivity contribution in [1.82, 2.24) is 9.88 Å². The number of ether oxygens (including phenoxy) is 2. The summed E-state index contributed by atoms with van der Waals surface area (Å²) < 4.78 is 12.2. The van der Waals surface area contributed by atoms with Crippen LogP contribution in [-0.4, -0.2) is 29.6 Å². The molecule has 5 rings (SSSR count). The molecule has 3 aromatic rings. The van der Waals surface area contributed by atoms with Crippen LogP contribution in [0.3, 0.4) is 0 Å². The summed E-state index contributed by atoms with van der Waals surface area (Å²) in [4.78, 5) is 20.3.